The number of nitrogens with zero attached hydrogens (tertiary/aromatic N) is 3. The summed E-state index contributed by atoms with van der Waals surface area (Å²) in [5.41, 5.74) is 3.91. The van der Waals surface area contributed by atoms with Crippen molar-refractivity contribution < 1.29 is 14.7 Å². The van der Waals surface area contributed by atoms with Crippen molar-refractivity contribution in [2.45, 2.75) is 76.2 Å². The Hall–Kier alpha value is -3.00. The van der Waals surface area contributed by atoms with Crippen LogP contribution >= 0.6 is 15.9 Å². The number of imidazole rings is 1. The number of benzene rings is 1. The molecule has 0 bridgehead atoms. The average Bonchev–Trinajstić information content (AvgIpc) is 3.59. The van der Waals surface area contributed by atoms with Crippen molar-refractivity contribution in [2.75, 3.05) is 0 Å². The number of aliphatic carboxylic acids is 1. The first kappa shape index (κ1) is 24.3. The Bertz CT molecular complexity index is 1380. The molecule has 192 valence electrons. The highest BCUT2D eigenvalue weighted by molar-refractivity contribution is 9.12. The Morgan fingerprint density at radius 1 is 1.11 bits per heavy atom. The lowest BCUT2D eigenvalue weighted by Crippen LogP contribution is -2.53. The van der Waals surface area contributed by atoms with Crippen molar-refractivity contribution in [2.24, 2.45) is 5.41 Å². The molecule has 3 aliphatic rings. The van der Waals surface area contributed by atoms with Gasteiger partial charge in [-0.05, 0) is 71.4 Å². The van der Waals surface area contributed by atoms with E-state index >= 15 is 0 Å². The standard InChI is InChI=1S/C29H31BrN4O3/c30-23-24(29(25(23)35)14-4-1-5-15-29)32-22(28(36)37)17-18-10-12-20(13-11-18)34-26(19-7-2-3-8-19)33-21-9-6-16-31-27(21)34/h6,9-13,16,19,22,32H,1-5,7-8,14-15,17H2,(H,36,37)/t22-/m0/s1. The lowest BCUT2D eigenvalue weighted by Gasteiger charge is -2.46. The number of carboxylic acids is 1. The summed E-state index contributed by atoms with van der Waals surface area (Å²) >= 11 is 3.41. The van der Waals surface area contributed by atoms with Crippen LogP contribution in [0.4, 0.5) is 0 Å². The van der Waals surface area contributed by atoms with Crippen molar-refractivity contribution in [3.63, 3.8) is 0 Å². The SMILES string of the molecule is O=C(O)[C@H](Cc1ccc(-n2c(C3CCCC3)nc3cccnc32)cc1)NC1=C(Br)C(=O)C12CCCCC2. The van der Waals surface area contributed by atoms with Gasteiger partial charge < -0.3 is 10.4 Å². The number of Topliss-reactive ketones (excluding diaryl/α,β-unsaturated/α-hetero) is 1. The third kappa shape index (κ3) is 4.19. The van der Waals surface area contributed by atoms with Gasteiger partial charge in [0.15, 0.2) is 11.4 Å². The number of allylic oxidation sites excluding steroid dienone is 2. The summed E-state index contributed by atoms with van der Waals surface area (Å²) in [6.07, 6.45) is 11.6. The zero-order chi connectivity index (χ0) is 25.6. The fourth-order valence-corrected chi connectivity index (χ4v) is 7.33. The molecule has 2 aromatic heterocycles. The van der Waals surface area contributed by atoms with Gasteiger partial charge in [-0.3, -0.25) is 9.36 Å². The number of aromatic nitrogens is 3. The van der Waals surface area contributed by atoms with Gasteiger partial charge in [0.2, 0.25) is 0 Å². The Balaban J connectivity index is 1.26. The van der Waals surface area contributed by atoms with Crippen molar-refractivity contribution in [3.05, 3.63) is 64.2 Å². The highest BCUT2D eigenvalue weighted by Gasteiger charge is 2.53. The van der Waals surface area contributed by atoms with E-state index in [0.29, 0.717) is 16.8 Å². The number of nitrogens with one attached hydrogen (secondary N) is 1. The Morgan fingerprint density at radius 2 is 1.84 bits per heavy atom. The number of hydrogen-bond donors (Lipinski definition) is 2. The van der Waals surface area contributed by atoms with E-state index in [1.54, 1.807) is 6.20 Å². The normalized spacial score (nSPS) is 20.4. The zero-order valence-corrected chi connectivity index (χ0v) is 22.3. The smallest absolute Gasteiger partial charge is 0.326 e. The maximum atomic E-state index is 12.7. The summed E-state index contributed by atoms with van der Waals surface area (Å²) in [5.74, 6) is 0.685. The first-order valence-electron chi connectivity index (χ1n) is 13.3. The number of rotatable bonds is 7. The number of hydrogen-bond acceptors (Lipinski definition) is 5. The number of carbonyl (C=O) groups is 2. The lowest BCUT2D eigenvalue weighted by atomic mass is 9.62. The van der Waals surface area contributed by atoms with Crippen LogP contribution in [0.1, 0.15) is 75.1 Å². The van der Waals surface area contributed by atoms with Crippen LogP contribution in [0, 0.1) is 5.41 Å². The van der Waals surface area contributed by atoms with Crippen LogP contribution in [-0.4, -0.2) is 37.4 Å². The van der Waals surface area contributed by atoms with Gasteiger partial charge in [-0.2, -0.15) is 0 Å². The molecule has 37 heavy (non-hydrogen) atoms. The minimum atomic E-state index is -0.921. The number of pyridine rings is 1. The van der Waals surface area contributed by atoms with E-state index in [1.807, 2.05) is 36.4 Å². The summed E-state index contributed by atoms with van der Waals surface area (Å²) in [6.45, 7) is 0. The molecule has 0 aliphatic heterocycles. The zero-order valence-electron chi connectivity index (χ0n) is 20.8. The highest BCUT2D eigenvalue weighted by atomic mass is 79.9. The Morgan fingerprint density at radius 3 is 2.54 bits per heavy atom. The van der Waals surface area contributed by atoms with Crippen molar-refractivity contribution in [1.29, 1.82) is 0 Å². The molecule has 6 rings (SSSR count). The fourth-order valence-electron chi connectivity index (χ4n) is 6.45. The van der Waals surface area contributed by atoms with Gasteiger partial charge in [0.25, 0.3) is 0 Å². The van der Waals surface area contributed by atoms with E-state index < -0.39 is 17.4 Å². The predicted molar refractivity (Wildman–Crippen MR) is 145 cm³/mol. The molecule has 1 atom stereocenters. The minimum absolute atomic E-state index is 0.113. The van der Waals surface area contributed by atoms with Crippen molar-refractivity contribution in [3.8, 4) is 5.69 Å². The second-order valence-corrected chi connectivity index (χ2v) is 11.5. The molecule has 1 aromatic carbocycles. The highest BCUT2D eigenvalue weighted by Crippen LogP contribution is 2.53. The first-order chi connectivity index (χ1) is 18.0. The average molecular weight is 563 g/mol. The molecule has 2 N–H and O–H groups in total. The number of carbonyl (C=O) groups excluding carboxylic acids is 1. The van der Waals surface area contributed by atoms with Gasteiger partial charge in [-0.25, -0.2) is 14.8 Å². The number of halogens is 1. The van der Waals surface area contributed by atoms with Crippen molar-refractivity contribution >= 4 is 38.8 Å². The molecule has 7 nitrogen and oxygen atoms in total. The van der Waals surface area contributed by atoms with Crippen LogP contribution in [0.5, 0.6) is 0 Å². The van der Waals surface area contributed by atoms with Gasteiger partial charge in [-0.1, -0.05) is 44.2 Å². The van der Waals surface area contributed by atoms with Crippen LogP contribution in [0.3, 0.4) is 0 Å². The van der Waals surface area contributed by atoms with Gasteiger partial charge in [0.1, 0.15) is 17.4 Å². The third-order valence-corrected chi connectivity index (χ3v) is 9.21. The second-order valence-electron chi connectivity index (χ2n) is 10.7. The molecular formula is C29H31BrN4O3. The molecule has 0 amide bonds. The van der Waals surface area contributed by atoms with E-state index in [4.69, 9.17) is 4.98 Å². The third-order valence-electron chi connectivity index (χ3n) is 8.45. The van der Waals surface area contributed by atoms with E-state index in [2.05, 4.69) is 30.8 Å². The predicted octanol–water partition coefficient (Wildman–Crippen LogP) is 5.80. The maximum Gasteiger partial charge on any atom is 0.326 e. The minimum Gasteiger partial charge on any atom is -0.480 e. The van der Waals surface area contributed by atoms with Crippen molar-refractivity contribution in [1.82, 2.24) is 19.9 Å². The van der Waals surface area contributed by atoms with Gasteiger partial charge >= 0.3 is 5.97 Å². The molecule has 0 radical (unpaired) electrons. The molecule has 0 saturated heterocycles. The van der Waals surface area contributed by atoms with Crippen LogP contribution < -0.4 is 5.32 Å². The molecule has 2 heterocycles. The monoisotopic (exact) mass is 562 g/mol. The molecule has 2 fully saturated rings. The molecule has 1 spiro atoms. The van der Waals surface area contributed by atoms with Gasteiger partial charge in [-0.15, -0.1) is 0 Å². The Labute approximate surface area is 224 Å². The fraction of sp³-hybridized carbons (Fsp3) is 0.448. The molecule has 2 saturated carbocycles. The number of ketones is 1. The van der Waals surface area contributed by atoms with Crippen LogP contribution in [0.15, 0.2) is 52.8 Å². The van der Waals surface area contributed by atoms with Gasteiger partial charge in [0.05, 0.1) is 9.90 Å². The molecule has 0 unspecified atom stereocenters. The molecule has 3 aromatic rings. The summed E-state index contributed by atoms with van der Waals surface area (Å²) in [6, 6.07) is 11.2. The molecular weight excluding hydrogens is 532 g/mol. The Kier molecular flexibility index (Phi) is 6.39. The quantitative estimate of drug-likeness (QED) is 0.377. The van der Waals surface area contributed by atoms with E-state index in [-0.39, 0.29) is 5.78 Å². The summed E-state index contributed by atoms with van der Waals surface area (Å²) < 4.78 is 2.67. The first-order valence-corrected chi connectivity index (χ1v) is 14.1. The summed E-state index contributed by atoms with van der Waals surface area (Å²) in [5, 5.41) is 13.3. The summed E-state index contributed by atoms with van der Waals surface area (Å²) in [7, 11) is 0. The number of fused-ring (bicyclic) bond motifs is 1. The summed E-state index contributed by atoms with van der Waals surface area (Å²) in [4.78, 5) is 34.5. The van der Waals surface area contributed by atoms with E-state index in [0.717, 1.165) is 78.9 Å². The van der Waals surface area contributed by atoms with Crippen LogP contribution in [0.2, 0.25) is 0 Å². The maximum absolute atomic E-state index is 12.7. The van der Waals surface area contributed by atoms with Crippen LogP contribution in [0.25, 0.3) is 16.9 Å². The van der Waals surface area contributed by atoms with E-state index in [9.17, 15) is 14.7 Å². The topological polar surface area (TPSA) is 97.1 Å². The molecule has 3 aliphatic carbocycles. The van der Waals surface area contributed by atoms with Crippen LogP contribution in [-0.2, 0) is 16.0 Å². The largest absolute Gasteiger partial charge is 0.480 e. The molecule has 8 heteroatoms. The second kappa shape index (κ2) is 9.71. The van der Waals surface area contributed by atoms with E-state index in [1.165, 1.54) is 12.8 Å². The lowest BCUT2D eigenvalue weighted by molar-refractivity contribution is -0.140. The van der Waals surface area contributed by atoms with Gasteiger partial charge in [0, 0.05) is 29.9 Å². The number of carboxylic acid groups (broad SMARTS) is 1.